The van der Waals surface area contributed by atoms with Crippen LogP contribution in [0.1, 0.15) is 12.5 Å². The van der Waals surface area contributed by atoms with Crippen molar-refractivity contribution < 1.29 is 18.4 Å². The number of aromatic nitrogens is 2. The lowest BCUT2D eigenvalue weighted by atomic mass is 10.2. The van der Waals surface area contributed by atoms with Crippen LogP contribution in [-0.2, 0) is 11.3 Å². The lowest BCUT2D eigenvalue weighted by molar-refractivity contribution is -0.120. The number of benzene rings is 1. The molecule has 2 heterocycles. The van der Waals surface area contributed by atoms with Crippen LogP contribution in [0.15, 0.2) is 56.7 Å². The van der Waals surface area contributed by atoms with Gasteiger partial charge in [0, 0.05) is 6.54 Å². The molecule has 25 heavy (non-hydrogen) atoms. The highest BCUT2D eigenvalue weighted by Gasteiger charge is 2.19. The van der Waals surface area contributed by atoms with Crippen LogP contribution in [-0.4, -0.2) is 28.5 Å². The van der Waals surface area contributed by atoms with E-state index in [4.69, 9.17) is 13.6 Å². The third kappa shape index (κ3) is 4.42. The van der Waals surface area contributed by atoms with Crippen LogP contribution >= 0.6 is 11.8 Å². The zero-order chi connectivity index (χ0) is 17.6. The van der Waals surface area contributed by atoms with Gasteiger partial charge in [-0.3, -0.25) is 4.79 Å². The van der Waals surface area contributed by atoms with Crippen LogP contribution < -0.4 is 10.1 Å². The molecule has 0 aliphatic rings. The number of nitrogens with one attached hydrogen (secondary N) is 1. The zero-order valence-corrected chi connectivity index (χ0v) is 14.6. The maximum absolute atomic E-state index is 12.2. The van der Waals surface area contributed by atoms with Gasteiger partial charge in [-0.25, -0.2) is 0 Å². The average Bonchev–Trinajstić information content (AvgIpc) is 3.31. The van der Waals surface area contributed by atoms with Crippen LogP contribution in [0.5, 0.6) is 5.75 Å². The quantitative estimate of drug-likeness (QED) is 0.648. The van der Waals surface area contributed by atoms with E-state index >= 15 is 0 Å². The highest BCUT2D eigenvalue weighted by atomic mass is 32.2. The fourth-order valence-corrected chi connectivity index (χ4v) is 2.75. The molecule has 0 saturated carbocycles. The molecule has 1 N–H and O–H groups in total. The van der Waals surface area contributed by atoms with Crippen molar-refractivity contribution in [2.45, 2.75) is 23.9 Å². The Morgan fingerprint density at radius 1 is 1.28 bits per heavy atom. The van der Waals surface area contributed by atoms with Gasteiger partial charge < -0.3 is 18.9 Å². The molecule has 1 amide bonds. The first kappa shape index (κ1) is 17.1. The number of furan rings is 1. The summed E-state index contributed by atoms with van der Waals surface area (Å²) in [6.45, 7) is 2.22. The number of thioether (sulfide) groups is 1. The molecule has 0 aliphatic carbocycles. The molecule has 0 fully saturated rings. The summed E-state index contributed by atoms with van der Waals surface area (Å²) in [5.41, 5.74) is 0.990. The predicted molar refractivity (Wildman–Crippen MR) is 92.2 cm³/mol. The van der Waals surface area contributed by atoms with Crippen LogP contribution in [0.2, 0.25) is 0 Å². The summed E-state index contributed by atoms with van der Waals surface area (Å²) in [5.74, 6) is 1.45. The maximum atomic E-state index is 12.2. The SMILES string of the molecule is COc1ccc(CNC(=O)C(C)Sc2nnc(-c3ccco3)o2)cc1. The van der Waals surface area contributed by atoms with Crippen LogP contribution in [0.3, 0.4) is 0 Å². The molecule has 0 radical (unpaired) electrons. The largest absolute Gasteiger partial charge is 0.497 e. The van der Waals surface area contributed by atoms with Gasteiger partial charge in [0.25, 0.3) is 11.1 Å². The lowest BCUT2D eigenvalue weighted by Crippen LogP contribution is -2.30. The number of carbonyl (C=O) groups is 1. The molecule has 0 spiro atoms. The van der Waals surface area contributed by atoms with Gasteiger partial charge in [0.05, 0.1) is 18.6 Å². The van der Waals surface area contributed by atoms with Gasteiger partial charge in [-0.05, 0) is 36.8 Å². The summed E-state index contributed by atoms with van der Waals surface area (Å²) in [7, 11) is 1.62. The molecule has 0 saturated heterocycles. The summed E-state index contributed by atoms with van der Waals surface area (Å²) in [6, 6.07) is 11.0. The first-order valence-corrected chi connectivity index (χ1v) is 8.48. The van der Waals surface area contributed by atoms with E-state index in [2.05, 4.69) is 15.5 Å². The minimum atomic E-state index is -0.372. The number of methoxy groups -OCH3 is 1. The fourth-order valence-electron chi connectivity index (χ4n) is 2.04. The van der Waals surface area contributed by atoms with Gasteiger partial charge in [-0.15, -0.1) is 10.2 Å². The van der Waals surface area contributed by atoms with Gasteiger partial charge in [-0.2, -0.15) is 0 Å². The number of amides is 1. The van der Waals surface area contributed by atoms with Crippen molar-refractivity contribution in [2.24, 2.45) is 0 Å². The number of carbonyl (C=O) groups excluding carboxylic acids is 1. The Morgan fingerprint density at radius 2 is 2.08 bits per heavy atom. The first-order chi connectivity index (χ1) is 12.2. The maximum Gasteiger partial charge on any atom is 0.284 e. The Balaban J connectivity index is 1.52. The topological polar surface area (TPSA) is 90.4 Å². The summed E-state index contributed by atoms with van der Waals surface area (Å²) >= 11 is 1.20. The first-order valence-electron chi connectivity index (χ1n) is 7.60. The summed E-state index contributed by atoms with van der Waals surface area (Å²) in [4.78, 5) is 12.2. The monoisotopic (exact) mass is 359 g/mol. The fraction of sp³-hybridized carbons (Fsp3) is 0.235. The number of hydrogen-bond acceptors (Lipinski definition) is 7. The van der Waals surface area contributed by atoms with E-state index in [0.717, 1.165) is 11.3 Å². The van der Waals surface area contributed by atoms with Crippen molar-refractivity contribution in [1.82, 2.24) is 15.5 Å². The minimum Gasteiger partial charge on any atom is -0.497 e. The van der Waals surface area contributed by atoms with Gasteiger partial charge in [0.1, 0.15) is 5.75 Å². The summed E-state index contributed by atoms with van der Waals surface area (Å²) in [5, 5.41) is 10.7. The number of rotatable bonds is 7. The lowest BCUT2D eigenvalue weighted by Gasteiger charge is -2.10. The highest BCUT2D eigenvalue weighted by molar-refractivity contribution is 8.00. The normalized spacial score (nSPS) is 11.9. The third-order valence-corrected chi connectivity index (χ3v) is 4.35. The molecule has 2 aromatic heterocycles. The third-order valence-electron chi connectivity index (χ3n) is 3.41. The Labute approximate surface area is 148 Å². The smallest absolute Gasteiger partial charge is 0.284 e. The van der Waals surface area contributed by atoms with Crippen molar-refractivity contribution in [2.75, 3.05) is 7.11 Å². The van der Waals surface area contributed by atoms with Crippen molar-refractivity contribution in [3.63, 3.8) is 0 Å². The zero-order valence-electron chi connectivity index (χ0n) is 13.8. The second-order valence-corrected chi connectivity index (χ2v) is 6.47. The van der Waals surface area contributed by atoms with E-state index in [-0.39, 0.29) is 11.2 Å². The van der Waals surface area contributed by atoms with E-state index in [0.29, 0.717) is 23.4 Å². The molecule has 0 bridgehead atoms. The minimum absolute atomic E-state index is 0.112. The van der Waals surface area contributed by atoms with Crippen molar-refractivity contribution >= 4 is 17.7 Å². The van der Waals surface area contributed by atoms with Crippen molar-refractivity contribution in [3.05, 3.63) is 48.2 Å². The Morgan fingerprint density at radius 3 is 2.76 bits per heavy atom. The molecule has 1 unspecified atom stereocenters. The number of hydrogen-bond donors (Lipinski definition) is 1. The molecule has 7 nitrogen and oxygen atoms in total. The summed E-state index contributed by atoms with van der Waals surface area (Å²) < 4.78 is 15.8. The molecular weight excluding hydrogens is 342 g/mol. The van der Waals surface area contributed by atoms with E-state index in [1.165, 1.54) is 18.0 Å². The van der Waals surface area contributed by atoms with Gasteiger partial charge in [-0.1, -0.05) is 23.9 Å². The van der Waals surface area contributed by atoms with E-state index in [1.54, 1.807) is 26.2 Å². The van der Waals surface area contributed by atoms with E-state index < -0.39 is 0 Å². The van der Waals surface area contributed by atoms with Crippen molar-refractivity contribution in [3.8, 4) is 17.4 Å². The van der Waals surface area contributed by atoms with Gasteiger partial charge in [0.2, 0.25) is 5.91 Å². The van der Waals surface area contributed by atoms with E-state index in [9.17, 15) is 4.79 Å². The molecule has 1 aromatic carbocycles. The molecule has 8 heteroatoms. The van der Waals surface area contributed by atoms with Crippen molar-refractivity contribution in [1.29, 1.82) is 0 Å². The molecule has 130 valence electrons. The predicted octanol–water partition coefficient (Wildman–Crippen LogP) is 3.14. The van der Waals surface area contributed by atoms with Gasteiger partial charge in [0.15, 0.2) is 5.76 Å². The Bertz CT molecular complexity index is 815. The molecule has 3 aromatic rings. The molecular formula is C17H17N3O4S. The van der Waals surface area contributed by atoms with E-state index in [1.807, 2.05) is 24.3 Å². The summed E-state index contributed by atoms with van der Waals surface area (Å²) in [6.07, 6.45) is 1.53. The molecule has 1 atom stereocenters. The highest BCUT2D eigenvalue weighted by Crippen LogP contribution is 2.26. The van der Waals surface area contributed by atoms with Crippen LogP contribution in [0.4, 0.5) is 0 Å². The standard InChI is InChI=1S/C17H17N3O4S/c1-11(15(21)18-10-12-5-7-13(22-2)8-6-12)25-17-20-19-16(24-17)14-4-3-9-23-14/h3-9,11H,10H2,1-2H3,(H,18,21). The van der Waals surface area contributed by atoms with Crippen LogP contribution in [0.25, 0.3) is 11.7 Å². The Kier molecular flexibility index (Phi) is 5.39. The number of ether oxygens (including phenoxy) is 1. The second kappa shape index (κ2) is 7.89. The van der Waals surface area contributed by atoms with Gasteiger partial charge >= 0.3 is 0 Å². The molecule has 0 aliphatic heterocycles. The average molecular weight is 359 g/mol. The number of nitrogens with zero attached hydrogens (tertiary/aromatic N) is 2. The molecule has 3 rings (SSSR count). The van der Waals surface area contributed by atoms with Crippen LogP contribution in [0, 0.1) is 0 Å². The Hall–Kier alpha value is -2.74. The second-order valence-electron chi connectivity index (χ2n) is 5.18.